The van der Waals surface area contributed by atoms with Crippen molar-refractivity contribution in [3.8, 4) is 11.5 Å². The van der Waals surface area contributed by atoms with E-state index in [0.29, 0.717) is 30.6 Å². The number of phenolic OH excluding ortho intramolecular Hbond substituents is 1. The number of carbonyl (C=O) groups is 1. The second kappa shape index (κ2) is 7.35. The van der Waals surface area contributed by atoms with Gasteiger partial charge in [0.15, 0.2) is 11.5 Å². The number of hydrogen-bond acceptors (Lipinski definition) is 4. The van der Waals surface area contributed by atoms with Gasteiger partial charge in [0.1, 0.15) is 5.78 Å². The lowest BCUT2D eigenvalue weighted by molar-refractivity contribution is -0.124. The first kappa shape index (κ1) is 19.4. The average Bonchev–Trinajstić information content (AvgIpc) is 2.60. The summed E-state index contributed by atoms with van der Waals surface area (Å²) in [6.45, 7) is 10.00. The van der Waals surface area contributed by atoms with Crippen molar-refractivity contribution in [3.05, 3.63) is 34.3 Å². The van der Waals surface area contributed by atoms with Crippen molar-refractivity contribution in [3.63, 3.8) is 0 Å². The highest BCUT2D eigenvalue weighted by molar-refractivity contribution is 9.10. The van der Waals surface area contributed by atoms with Crippen molar-refractivity contribution in [1.82, 2.24) is 4.90 Å². The number of hydrogen-bond donors (Lipinski definition) is 1. The molecule has 1 fully saturated rings. The van der Waals surface area contributed by atoms with Gasteiger partial charge in [-0.1, -0.05) is 35.9 Å². The summed E-state index contributed by atoms with van der Waals surface area (Å²) in [6, 6.07) is 2.16. The van der Waals surface area contributed by atoms with Gasteiger partial charge in [0.2, 0.25) is 0 Å². The van der Waals surface area contributed by atoms with Crippen LogP contribution in [0.2, 0.25) is 0 Å². The van der Waals surface area contributed by atoms with Gasteiger partial charge in [-0.15, -0.1) is 6.58 Å². The summed E-state index contributed by atoms with van der Waals surface area (Å²) < 4.78 is 6.33. The van der Waals surface area contributed by atoms with Crippen molar-refractivity contribution < 1.29 is 14.6 Å². The van der Waals surface area contributed by atoms with E-state index in [1.165, 1.54) is 0 Å². The maximum atomic E-state index is 12.4. The van der Waals surface area contributed by atoms with Gasteiger partial charge in [-0.05, 0) is 36.9 Å². The van der Waals surface area contributed by atoms with Crippen LogP contribution in [0.4, 0.5) is 0 Å². The molecule has 0 heterocycles. The lowest BCUT2D eigenvalue weighted by Crippen LogP contribution is -2.55. The standard InChI is InChI=1S/C21H28BrNO3/c1-5-9-23(6-2)17-10-14-16(22)11-18(26-4)20(25)19(14)21(3)12-13(24)7-8-15(17)21/h5,11,15,17,25H,1,6-10,12H2,2-4H3/t15?,17?,21-/m1/s1. The maximum absolute atomic E-state index is 12.4. The Morgan fingerprint density at radius 3 is 2.88 bits per heavy atom. The zero-order chi connectivity index (χ0) is 19.1. The predicted octanol–water partition coefficient (Wildman–Crippen LogP) is 4.22. The van der Waals surface area contributed by atoms with E-state index >= 15 is 0 Å². The van der Waals surface area contributed by atoms with Crippen LogP contribution in [0.5, 0.6) is 11.5 Å². The van der Waals surface area contributed by atoms with E-state index in [1.54, 1.807) is 7.11 Å². The summed E-state index contributed by atoms with van der Waals surface area (Å²) in [5.41, 5.74) is 1.61. The Morgan fingerprint density at radius 1 is 1.54 bits per heavy atom. The molecule has 1 aromatic carbocycles. The SMILES string of the molecule is C=CCN(CC)C1Cc2c(Br)cc(OC)c(O)c2[C@]2(C)CC(=O)CCC12. The average molecular weight is 422 g/mol. The summed E-state index contributed by atoms with van der Waals surface area (Å²) >= 11 is 3.69. The Morgan fingerprint density at radius 2 is 2.27 bits per heavy atom. The second-order valence-electron chi connectivity index (χ2n) is 7.69. The van der Waals surface area contributed by atoms with Gasteiger partial charge < -0.3 is 9.84 Å². The largest absolute Gasteiger partial charge is 0.504 e. The van der Waals surface area contributed by atoms with Gasteiger partial charge in [-0.3, -0.25) is 9.69 Å². The predicted molar refractivity (Wildman–Crippen MR) is 107 cm³/mol. The first-order chi connectivity index (χ1) is 12.4. The molecule has 0 bridgehead atoms. The number of benzene rings is 1. The normalized spacial score (nSPS) is 27.8. The zero-order valence-electron chi connectivity index (χ0n) is 15.8. The van der Waals surface area contributed by atoms with Gasteiger partial charge in [0.25, 0.3) is 0 Å². The number of rotatable bonds is 5. The lowest BCUT2D eigenvalue weighted by Gasteiger charge is -2.52. The monoisotopic (exact) mass is 421 g/mol. The molecule has 2 unspecified atom stereocenters. The number of methoxy groups -OCH3 is 1. The van der Waals surface area contributed by atoms with E-state index in [0.717, 1.165) is 41.5 Å². The molecule has 0 radical (unpaired) electrons. The highest BCUT2D eigenvalue weighted by atomic mass is 79.9. The Kier molecular flexibility index (Phi) is 5.50. The van der Waals surface area contributed by atoms with E-state index in [-0.39, 0.29) is 16.9 Å². The molecule has 1 saturated carbocycles. The van der Waals surface area contributed by atoms with E-state index in [2.05, 4.69) is 41.3 Å². The van der Waals surface area contributed by atoms with Crippen LogP contribution in [-0.2, 0) is 16.6 Å². The smallest absolute Gasteiger partial charge is 0.161 e. The molecule has 0 aliphatic heterocycles. The van der Waals surface area contributed by atoms with Crippen LogP contribution in [0.15, 0.2) is 23.2 Å². The van der Waals surface area contributed by atoms with Crippen LogP contribution in [0.25, 0.3) is 0 Å². The Hall–Kier alpha value is -1.33. The molecule has 2 aliphatic carbocycles. The molecule has 2 aliphatic rings. The van der Waals surface area contributed by atoms with Crippen molar-refractivity contribution in [2.45, 2.75) is 51.0 Å². The number of Topliss-reactive ketones (excluding diaryl/α,β-unsaturated/α-hetero) is 1. The molecule has 3 atom stereocenters. The number of carbonyl (C=O) groups excluding carboxylic acids is 1. The molecular formula is C21H28BrNO3. The van der Waals surface area contributed by atoms with Crippen LogP contribution in [0.3, 0.4) is 0 Å². The van der Waals surface area contributed by atoms with E-state index in [1.807, 2.05) is 12.1 Å². The third-order valence-corrected chi connectivity index (χ3v) is 7.05. The Balaban J connectivity index is 2.21. The minimum Gasteiger partial charge on any atom is -0.504 e. The van der Waals surface area contributed by atoms with E-state index < -0.39 is 0 Å². The van der Waals surface area contributed by atoms with Crippen LogP contribution in [0.1, 0.15) is 44.2 Å². The first-order valence-corrected chi connectivity index (χ1v) is 10.1. The van der Waals surface area contributed by atoms with Gasteiger partial charge in [-0.2, -0.15) is 0 Å². The molecule has 0 spiro atoms. The Labute approximate surface area is 164 Å². The van der Waals surface area contributed by atoms with Crippen LogP contribution in [-0.4, -0.2) is 42.0 Å². The number of ether oxygens (including phenoxy) is 1. The third-order valence-electron chi connectivity index (χ3n) is 6.34. The molecule has 1 N–H and O–H groups in total. The number of phenols is 1. The molecule has 1 aromatic rings. The first-order valence-electron chi connectivity index (χ1n) is 9.32. The minimum absolute atomic E-state index is 0.193. The molecule has 26 heavy (non-hydrogen) atoms. The fourth-order valence-corrected chi connectivity index (χ4v) is 5.75. The van der Waals surface area contributed by atoms with Crippen molar-refractivity contribution in [2.24, 2.45) is 5.92 Å². The summed E-state index contributed by atoms with van der Waals surface area (Å²) in [7, 11) is 1.56. The number of likely N-dealkylation sites (N-methyl/N-ethyl adjacent to an activating group) is 1. The third kappa shape index (κ3) is 2.99. The molecule has 0 aromatic heterocycles. The second-order valence-corrected chi connectivity index (χ2v) is 8.54. The molecule has 3 rings (SSSR count). The highest BCUT2D eigenvalue weighted by Gasteiger charge is 2.52. The molecule has 4 nitrogen and oxygen atoms in total. The molecular weight excluding hydrogens is 394 g/mol. The molecule has 0 saturated heterocycles. The summed E-state index contributed by atoms with van der Waals surface area (Å²) in [4.78, 5) is 14.8. The number of fused-ring (bicyclic) bond motifs is 3. The molecule has 142 valence electrons. The van der Waals surface area contributed by atoms with Crippen LogP contribution < -0.4 is 4.74 Å². The lowest BCUT2D eigenvalue weighted by atomic mass is 9.55. The molecule has 5 heteroatoms. The van der Waals surface area contributed by atoms with Crippen LogP contribution in [0, 0.1) is 5.92 Å². The molecule has 0 amide bonds. The number of aromatic hydroxyl groups is 1. The minimum atomic E-state index is -0.386. The Bertz CT molecular complexity index is 732. The fourth-order valence-electron chi connectivity index (χ4n) is 5.18. The number of ketones is 1. The number of halogens is 1. The van der Waals surface area contributed by atoms with Gasteiger partial charge in [0.05, 0.1) is 7.11 Å². The van der Waals surface area contributed by atoms with Crippen molar-refractivity contribution in [2.75, 3.05) is 20.2 Å². The van der Waals surface area contributed by atoms with Gasteiger partial charge in [-0.25, -0.2) is 0 Å². The maximum Gasteiger partial charge on any atom is 0.161 e. The quantitative estimate of drug-likeness (QED) is 0.722. The summed E-state index contributed by atoms with van der Waals surface area (Å²) in [5.74, 6) is 1.25. The van der Waals surface area contributed by atoms with Crippen LogP contribution >= 0.6 is 15.9 Å². The zero-order valence-corrected chi connectivity index (χ0v) is 17.4. The van der Waals surface area contributed by atoms with Gasteiger partial charge in [0, 0.05) is 40.9 Å². The topological polar surface area (TPSA) is 49.8 Å². The summed E-state index contributed by atoms with van der Waals surface area (Å²) in [5, 5.41) is 10.9. The van der Waals surface area contributed by atoms with Crippen molar-refractivity contribution in [1.29, 1.82) is 0 Å². The number of nitrogens with zero attached hydrogens (tertiary/aromatic N) is 1. The summed E-state index contributed by atoms with van der Waals surface area (Å²) in [6.07, 6.45) is 4.76. The van der Waals surface area contributed by atoms with E-state index in [4.69, 9.17) is 4.74 Å². The van der Waals surface area contributed by atoms with Crippen molar-refractivity contribution >= 4 is 21.7 Å². The van der Waals surface area contributed by atoms with E-state index in [9.17, 15) is 9.90 Å². The van der Waals surface area contributed by atoms with Gasteiger partial charge >= 0.3 is 0 Å². The highest BCUT2D eigenvalue weighted by Crippen LogP contribution is 2.56. The fraction of sp³-hybridized carbons (Fsp3) is 0.571.